The summed E-state index contributed by atoms with van der Waals surface area (Å²) in [7, 11) is 0. The van der Waals surface area contributed by atoms with Crippen molar-refractivity contribution in [3.05, 3.63) is 17.0 Å². The molecule has 2 heterocycles. The number of nitrogen functional groups attached to an aromatic ring is 1. The van der Waals surface area contributed by atoms with Gasteiger partial charge in [-0.1, -0.05) is 11.3 Å². The number of aryl methyl sites for hydroxylation is 1. The highest BCUT2D eigenvalue weighted by atomic mass is 32.1. The first kappa shape index (κ1) is 13.8. The number of carbonyl (C=O) groups excluding carboxylic acids is 1. The number of nitrogens with one attached hydrogen (secondary N) is 2. The van der Waals surface area contributed by atoms with Crippen molar-refractivity contribution in [1.29, 1.82) is 0 Å². The minimum absolute atomic E-state index is 0.237. The van der Waals surface area contributed by atoms with Gasteiger partial charge in [-0.25, -0.2) is 4.98 Å². The zero-order valence-electron chi connectivity index (χ0n) is 11.7. The zero-order valence-corrected chi connectivity index (χ0v) is 12.5. The number of amides is 1. The highest BCUT2D eigenvalue weighted by Crippen LogP contribution is 2.30. The first-order chi connectivity index (χ1) is 10.2. The van der Waals surface area contributed by atoms with Gasteiger partial charge in [-0.3, -0.25) is 4.79 Å². The van der Waals surface area contributed by atoms with E-state index in [-0.39, 0.29) is 11.7 Å². The van der Waals surface area contributed by atoms with E-state index in [0.717, 1.165) is 19.4 Å². The molecule has 1 saturated carbocycles. The molecule has 3 rings (SSSR count). The third-order valence-corrected chi connectivity index (χ3v) is 4.21. The molecule has 9 heteroatoms. The predicted molar refractivity (Wildman–Crippen MR) is 80.0 cm³/mol. The van der Waals surface area contributed by atoms with Gasteiger partial charge in [0.05, 0.1) is 6.54 Å². The molecule has 0 aliphatic heterocycles. The van der Waals surface area contributed by atoms with Crippen molar-refractivity contribution in [3.63, 3.8) is 0 Å². The number of hydrogen-bond acceptors (Lipinski definition) is 7. The topological polar surface area (TPSA) is 111 Å². The molecule has 1 aliphatic rings. The summed E-state index contributed by atoms with van der Waals surface area (Å²) < 4.78 is 1.87. The van der Waals surface area contributed by atoms with Crippen molar-refractivity contribution in [1.82, 2.24) is 25.1 Å². The SMILES string of the molecule is CCn1cnnc1CNC(=O)c1sc(NC2CC2)nc1N. The van der Waals surface area contributed by atoms with E-state index in [1.54, 1.807) is 6.33 Å². The zero-order chi connectivity index (χ0) is 14.8. The van der Waals surface area contributed by atoms with Crippen molar-refractivity contribution in [3.8, 4) is 0 Å². The summed E-state index contributed by atoms with van der Waals surface area (Å²) >= 11 is 1.28. The summed E-state index contributed by atoms with van der Waals surface area (Å²) in [4.78, 5) is 16.8. The maximum Gasteiger partial charge on any atom is 0.265 e. The molecule has 1 fully saturated rings. The van der Waals surface area contributed by atoms with Crippen LogP contribution in [0, 0.1) is 0 Å². The number of anilines is 2. The Labute approximate surface area is 125 Å². The highest BCUT2D eigenvalue weighted by molar-refractivity contribution is 7.18. The smallest absolute Gasteiger partial charge is 0.265 e. The van der Waals surface area contributed by atoms with Crippen LogP contribution >= 0.6 is 11.3 Å². The fraction of sp³-hybridized carbons (Fsp3) is 0.500. The minimum atomic E-state index is -0.237. The van der Waals surface area contributed by atoms with Crippen LogP contribution in [-0.4, -0.2) is 31.7 Å². The number of hydrogen-bond donors (Lipinski definition) is 3. The van der Waals surface area contributed by atoms with Gasteiger partial charge < -0.3 is 20.9 Å². The van der Waals surface area contributed by atoms with Crippen molar-refractivity contribution in [2.24, 2.45) is 0 Å². The van der Waals surface area contributed by atoms with Crippen LogP contribution in [0.5, 0.6) is 0 Å². The minimum Gasteiger partial charge on any atom is -0.382 e. The lowest BCUT2D eigenvalue weighted by molar-refractivity contribution is 0.0954. The number of aromatic nitrogens is 4. The molecule has 21 heavy (non-hydrogen) atoms. The van der Waals surface area contributed by atoms with E-state index in [4.69, 9.17) is 5.73 Å². The van der Waals surface area contributed by atoms with Gasteiger partial charge in [0.15, 0.2) is 11.0 Å². The third-order valence-electron chi connectivity index (χ3n) is 3.21. The van der Waals surface area contributed by atoms with Crippen molar-refractivity contribution in [2.45, 2.75) is 38.9 Å². The summed E-state index contributed by atoms with van der Waals surface area (Å²) in [6, 6.07) is 0.481. The van der Waals surface area contributed by atoms with Crippen LogP contribution in [0.3, 0.4) is 0 Å². The maximum absolute atomic E-state index is 12.2. The van der Waals surface area contributed by atoms with E-state index in [2.05, 4.69) is 25.8 Å². The van der Waals surface area contributed by atoms with Crippen LogP contribution in [-0.2, 0) is 13.1 Å². The van der Waals surface area contributed by atoms with Gasteiger partial charge in [0.2, 0.25) is 0 Å². The molecular formula is C12H17N7OS. The van der Waals surface area contributed by atoms with Gasteiger partial charge in [0, 0.05) is 12.6 Å². The first-order valence-electron chi connectivity index (χ1n) is 6.85. The highest BCUT2D eigenvalue weighted by Gasteiger charge is 2.24. The third kappa shape index (κ3) is 3.13. The molecule has 0 atom stereocenters. The number of rotatable bonds is 6. The first-order valence-corrected chi connectivity index (χ1v) is 7.66. The van der Waals surface area contributed by atoms with E-state index in [1.807, 2.05) is 11.5 Å². The molecule has 112 valence electrons. The molecule has 2 aromatic heterocycles. The average molecular weight is 307 g/mol. The lowest BCUT2D eigenvalue weighted by Crippen LogP contribution is -2.24. The average Bonchev–Trinajstić information content (AvgIpc) is 3.03. The van der Waals surface area contributed by atoms with Gasteiger partial charge in [0.25, 0.3) is 5.91 Å². The predicted octanol–water partition coefficient (Wildman–Crippen LogP) is 0.841. The molecule has 0 unspecified atom stereocenters. The van der Waals surface area contributed by atoms with E-state index < -0.39 is 0 Å². The molecule has 0 bridgehead atoms. The van der Waals surface area contributed by atoms with Gasteiger partial charge in [-0.15, -0.1) is 10.2 Å². The Balaban J connectivity index is 1.63. The van der Waals surface area contributed by atoms with Crippen LogP contribution in [0.4, 0.5) is 10.9 Å². The molecule has 1 amide bonds. The Morgan fingerprint density at radius 2 is 2.38 bits per heavy atom. The maximum atomic E-state index is 12.2. The Kier molecular flexibility index (Phi) is 3.74. The van der Waals surface area contributed by atoms with Crippen LogP contribution in [0.2, 0.25) is 0 Å². The summed E-state index contributed by atoms with van der Waals surface area (Å²) in [5.41, 5.74) is 5.81. The van der Waals surface area contributed by atoms with Gasteiger partial charge in [-0.2, -0.15) is 0 Å². The van der Waals surface area contributed by atoms with Crippen LogP contribution in [0.25, 0.3) is 0 Å². The van der Waals surface area contributed by atoms with Crippen LogP contribution in [0.1, 0.15) is 35.3 Å². The summed E-state index contributed by atoms with van der Waals surface area (Å²) in [6.07, 6.45) is 3.93. The normalized spacial score (nSPS) is 14.1. The van der Waals surface area contributed by atoms with E-state index in [1.165, 1.54) is 11.3 Å². The van der Waals surface area contributed by atoms with E-state index in [9.17, 15) is 4.79 Å². The molecule has 0 spiro atoms. The van der Waals surface area contributed by atoms with Crippen molar-refractivity contribution >= 4 is 28.2 Å². The fourth-order valence-electron chi connectivity index (χ4n) is 1.88. The Hall–Kier alpha value is -2.16. The lowest BCUT2D eigenvalue weighted by Gasteiger charge is -2.04. The fourth-order valence-corrected chi connectivity index (χ4v) is 2.76. The molecule has 2 aromatic rings. The van der Waals surface area contributed by atoms with Gasteiger partial charge in [-0.05, 0) is 19.8 Å². The number of thiazole rings is 1. The number of carbonyl (C=O) groups is 1. The standard InChI is InChI=1S/C12H17N7OS/c1-2-19-6-15-18-8(19)5-14-11(20)9-10(13)17-12(21-9)16-7-3-4-7/h6-7H,2-5,13H2,1H3,(H,14,20)(H,16,17). The quantitative estimate of drug-likeness (QED) is 0.729. The molecule has 1 aliphatic carbocycles. The van der Waals surface area contributed by atoms with Crippen LogP contribution < -0.4 is 16.4 Å². The largest absolute Gasteiger partial charge is 0.382 e. The Bertz CT molecular complexity index is 646. The Morgan fingerprint density at radius 1 is 1.57 bits per heavy atom. The molecular weight excluding hydrogens is 290 g/mol. The Morgan fingerprint density at radius 3 is 3.10 bits per heavy atom. The molecule has 0 aromatic carbocycles. The lowest BCUT2D eigenvalue weighted by atomic mass is 10.4. The van der Waals surface area contributed by atoms with Gasteiger partial charge in [0.1, 0.15) is 17.0 Å². The monoisotopic (exact) mass is 307 g/mol. The molecule has 0 saturated heterocycles. The second-order valence-corrected chi connectivity index (χ2v) is 5.87. The number of nitrogens with zero attached hydrogens (tertiary/aromatic N) is 4. The molecule has 4 N–H and O–H groups in total. The summed E-state index contributed by atoms with van der Waals surface area (Å²) in [6.45, 7) is 3.07. The van der Waals surface area contributed by atoms with Crippen LogP contribution in [0.15, 0.2) is 6.33 Å². The summed E-state index contributed by atoms with van der Waals surface area (Å²) in [5.74, 6) is 0.738. The molecule has 0 radical (unpaired) electrons. The van der Waals surface area contributed by atoms with Crippen molar-refractivity contribution < 1.29 is 4.79 Å². The summed E-state index contributed by atoms with van der Waals surface area (Å²) in [5, 5.41) is 14.5. The van der Waals surface area contributed by atoms with E-state index in [0.29, 0.717) is 28.4 Å². The van der Waals surface area contributed by atoms with Crippen molar-refractivity contribution in [2.75, 3.05) is 11.1 Å². The number of nitrogens with two attached hydrogens (primary N) is 1. The van der Waals surface area contributed by atoms with E-state index >= 15 is 0 Å². The second-order valence-electron chi connectivity index (χ2n) is 4.87. The molecule has 8 nitrogen and oxygen atoms in total. The second kappa shape index (κ2) is 5.68. The van der Waals surface area contributed by atoms with Gasteiger partial charge >= 0.3 is 0 Å².